The van der Waals surface area contributed by atoms with Crippen molar-refractivity contribution >= 4 is 0 Å². The summed E-state index contributed by atoms with van der Waals surface area (Å²) in [7, 11) is 0. The van der Waals surface area contributed by atoms with Gasteiger partial charge in [0.1, 0.15) is 0 Å². The summed E-state index contributed by atoms with van der Waals surface area (Å²) in [5, 5.41) is 0. The first-order chi connectivity index (χ1) is 10.7. The van der Waals surface area contributed by atoms with Crippen LogP contribution in [-0.4, -0.2) is 5.48 Å². The van der Waals surface area contributed by atoms with Gasteiger partial charge >= 0.3 is 0 Å². The van der Waals surface area contributed by atoms with Crippen molar-refractivity contribution in [2.75, 3.05) is 0 Å². The summed E-state index contributed by atoms with van der Waals surface area (Å²) in [4.78, 5) is 0. The van der Waals surface area contributed by atoms with Crippen molar-refractivity contribution in [2.24, 2.45) is 35.5 Å². The summed E-state index contributed by atoms with van der Waals surface area (Å²) < 4.78 is 0. The fraction of sp³-hybridized carbons (Fsp3) is 0.909. The number of allylic oxidation sites excluding steroid dienone is 1. The third kappa shape index (κ3) is 5.34. The highest BCUT2D eigenvalue weighted by Crippen LogP contribution is 2.44. The van der Waals surface area contributed by atoms with Crippen LogP contribution in [0.15, 0.2) is 12.7 Å². The highest BCUT2D eigenvalue weighted by Gasteiger charge is 2.31. The smallest absolute Gasteiger partial charge is 0 e. The van der Waals surface area contributed by atoms with Crippen molar-refractivity contribution in [1.29, 1.82) is 0 Å². The fourth-order valence-corrected chi connectivity index (χ4v) is 5.78. The maximum atomic E-state index is 3.99. The molecule has 0 aromatic carbocycles. The molecule has 0 amide bonds. The van der Waals surface area contributed by atoms with Crippen LogP contribution in [0.25, 0.3) is 0 Å². The van der Waals surface area contributed by atoms with Crippen molar-refractivity contribution in [3.8, 4) is 0 Å². The normalized spacial score (nSPS) is 41.8. The highest BCUT2D eigenvalue weighted by atomic mass is 16.0. The lowest BCUT2D eigenvalue weighted by Crippen LogP contribution is -2.26. The lowest BCUT2D eigenvalue weighted by atomic mass is 9.67. The Kier molecular flexibility index (Phi) is 7.66. The molecule has 0 atom stereocenters. The fourth-order valence-electron chi connectivity index (χ4n) is 5.78. The predicted octanol–water partition coefficient (Wildman–Crippen LogP) is 6.67. The molecular weight excluding hydrogens is 280 g/mol. The molecule has 0 saturated heterocycles. The van der Waals surface area contributed by atoms with Crippen molar-refractivity contribution in [2.45, 2.75) is 90.4 Å². The molecule has 138 valence electrons. The van der Waals surface area contributed by atoms with Crippen LogP contribution < -0.4 is 0 Å². The molecule has 3 aliphatic carbocycles. The quantitative estimate of drug-likeness (QED) is 0.517. The maximum absolute atomic E-state index is 3.99. The molecule has 0 spiro atoms. The molecule has 23 heavy (non-hydrogen) atoms. The average Bonchev–Trinajstić information content (AvgIpc) is 2.58. The minimum absolute atomic E-state index is 0. The van der Waals surface area contributed by atoms with Gasteiger partial charge in [0.15, 0.2) is 0 Å². The molecule has 0 unspecified atom stereocenters. The highest BCUT2D eigenvalue weighted by molar-refractivity contribution is 4.88. The van der Waals surface area contributed by atoms with E-state index in [1.165, 1.54) is 51.4 Å². The third-order valence-electron chi connectivity index (χ3n) is 7.51. The van der Waals surface area contributed by atoms with Crippen LogP contribution in [0.5, 0.6) is 0 Å². The van der Waals surface area contributed by atoms with Gasteiger partial charge in [0, 0.05) is 2.85 Å². The first kappa shape index (κ1) is 19.0. The van der Waals surface area contributed by atoms with Crippen LogP contribution in [0.4, 0.5) is 0 Å². The van der Waals surface area contributed by atoms with E-state index in [4.69, 9.17) is 0 Å². The average molecular weight is 325 g/mol. The minimum Gasteiger partial charge on any atom is -0.412 e. The van der Waals surface area contributed by atoms with Gasteiger partial charge in [0.2, 0.25) is 0 Å². The molecule has 2 N–H and O–H groups in total. The van der Waals surface area contributed by atoms with Gasteiger partial charge in [0.05, 0.1) is 0 Å². The van der Waals surface area contributed by atoms with E-state index in [2.05, 4.69) is 19.6 Å². The molecule has 0 bridgehead atoms. The van der Waals surface area contributed by atoms with Gasteiger partial charge in [-0.15, -0.1) is 6.58 Å². The summed E-state index contributed by atoms with van der Waals surface area (Å²) >= 11 is 0. The van der Waals surface area contributed by atoms with E-state index in [0.29, 0.717) is 0 Å². The first-order valence-electron chi connectivity index (χ1n) is 10.4. The number of hydrogen-bond donors (Lipinski definition) is 0. The zero-order chi connectivity index (χ0) is 15.4. The Morgan fingerprint density at radius 3 is 1.65 bits per heavy atom. The zero-order valence-electron chi connectivity index (χ0n) is 15.4. The molecule has 0 aliphatic heterocycles. The van der Waals surface area contributed by atoms with Crippen molar-refractivity contribution in [1.82, 2.24) is 0 Å². The molecule has 3 saturated carbocycles. The number of rotatable bonds is 4. The third-order valence-corrected chi connectivity index (χ3v) is 7.51. The lowest BCUT2D eigenvalue weighted by Gasteiger charge is -2.38. The Balaban J connectivity index is 0.00000192. The van der Waals surface area contributed by atoms with Crippen LogP contribution in [0.2, 0.25) is 0 Å². The molecule has 3 rings (SSSR count). The van der Waals surface area contributed by atoms with Gasteiger partial charge in [-0.05, 0) is 80.5 Å². The Morgan fingerprint density at radius 1 is 0.739 bits per heavy atom. The van der Waals surface area contributed by atoms with E-state index < -0.39 is 0 Å². The van der Waals surface area contributed by atoms with E-state index >= 15 is 0 Å². The molecule has 1 heteroatoms. The Labute approximate surface area is 147 Å². The number of hydrogen-bond acceptors (Lipinski definition) is 0. The van der Waals surface area contributed by atoms with E-state index in [0.717, 1.165) is 35.5 Å². The molecule has 1 nitrogen and oxygen atoms in total. The zero-order valence-corrected chi connectivity index (χ0v) is 15.4. The van der Waals surface area contributed by atoms with Gasteiger partial charge in [-0.2, -0.15) is 0 Å². The summed E-state index contributed by atoms with van der Waals surface area (Å²) in [6, 6.07) is 0. The predicted molar refractivity (Wildman–Crippen MR) is 105 cm³/mol. The van der Waals surface area contributed by atoms with E-state index in [-0.39, 0.29) is 8.33 Å². The summed E-state index contributed by atoms with van der Waals surface area (Å²) in [5.41, 5.74) is 0. The van der Waals surface area contributed by atoms with Crippen molar-refractivity contribution in [3.63, 3.8) is 0 Å². The molecule has 0 heterocycles. The van der Waals surface area contributed by atoms with Gasteiger partial charge in [-0.1, -0.05) is 51.5 Å². The van der Waals surface area contributed by atoms with Gasteiger partial charge in [0.25, 0.3) is 0 Å². The molecule has 0 radical (unpaired) electrons. The molecule has 3 aliphatic rings. The topological polar surface area (TPSA) is 31.5 Å². The van der Waals surface area contributed by atoms with Crippen LogP contribution in [-0.2, 0) is 0 Å². The molecule has 0 aromatic heterocycles. The molecule has 0 aromatic rings. The Hall–Kier alpha value is -0.300. The van der Waals surface area contributed by atoms with Crippen molar-refractivity contribution in [3.05, 3.63) is 12.7 Å². The van der Waals surface area contributed by atoms with E-state index in [9.17, 15) is 0 Å². The largest absolute Gasteiger partial charge is 0.412 e. The van der Waals surface area contributed by atoms with Gasteiger partial charge in [-0.25, -0.2) is 0 Å². The maximum Gasteiger partial charge on any atom is 0 e. The minimum atomic E-state index is 0. The Morgan fingerprint density at radius 2 is 1.17 bits per heavy atom. The van der Waals surface area contributed by atoms with E-state index in [1.807, 2.05) is 0 Å². The second kappa shape index (κ2) is 9.25. The van der Waals surface area contributed by atoms with Crippen LogP contribution in [0, 0.1) is 35.5 Å². The van der Waals surface area contributed by atoms with E-state index in [1.54, 1.807) is 32.1 Å². The SMILES string of the molecule is C=CC1CCC(C2CCC(CC3CCC(C)CC3)CC2)CC1.O.[HH].[HH]. The van der Waals surface area contributed by atoms with Gasteiger partial charge in [-0.3, -0.25) is 0 Å². The van der Waals surface area contributed by atoms with Crippen LogP contribution >= 0.6 is 0 Å². The summed E-state index contributed by atoms with van der Waals surface area (Å²) in [6.45, 7) is 6.44. The van der Waals surface area contributed by atoms with Crippen LogP contribution in [0.1, 0.15) is 93.2 Å². The summed E-state index contributed by atoms with van der Waals surface area (Å²) in [6.07, 6.45) is 21.9. The summed E-state index contributed by atoms with van der Waals surface area (Å²) in [5.74, 6) is 6.15. The second-order valence-corrected chi connectivity index (χ2v) is 9.05. The second-order valence-electron chi connectivity index (χ2n) is 9.05. The lowest BCUT2D eigenvalue weighted by molar-refractivity contribution is 0.137. The Bertz CT molecular complexity index is 336. The monoisotopic (exact) mass is 324 g/mol. The standard InChI is InChI=1S/C22H38.H2O.2H2/c1-3-18-8-12-21(13-9-18)22-14-10-20(11-15-22)16-19-6-4-17(2)5-7-19;;;/h3,17-22H,1,4-16H2,2H3;1H2;2*1H. The first-order valence-corrected chi connectivity index (χ1v) is 10.4. The van der Waals surface area contributed by atoms with Crippen molar-refractivity contribution < 1.29 is 8.33 Å². The van der Waals surface area contributed by atoms with Gasteiger partial charge < -0.3 is 5.48 Å². The van der Waals surface area contributed by atoms with Crippen LogP contribution in [0.3, 0.4) is 0 Å². The molecular formula is C22H44O. The molecule has 3 fully saturated rings.